The number of pyridine rings is 4. The largest absolute Gasteiger partial charge is 0.476 e. The van der Waals surface area contributed by atoms with Gasteiger partial charge < -0.3 is 9.47 Å². The molecule has 5 aromatic rings. The van der Waals surface area contributed by atoms with Gasteiger partial charge >= 0.3 is 0 Å². The topological polar surface area (TPSA) is 73.3 Å². The van der Waals surface area contributed by atoms with E-state index < -0.39 is 0 Å². The molecule has 1 fully saturated rings. The Hall–Kier alpha value is -4.01. The molecule has 0 N–H and O–H groups in total. The number of halogens is 1. The van der Waals surface area contributed by atoms with Gasteiger partial charge in [-0.15, -0.1) is 0 Å². The Balaban J connectivity index is 1.42. The zero-order chi connectivity index (χ0) is 24.3. The number of nitrogens with zero attached hydrogens (tertiary/aromatic N) is 5. The molecular formula is C28H24FN5O2. The molecule has 0 aliphatic carbocycles. The molecule has 5 heterocycles. The zero-order valence-electron chi connectivity index (χ0n) is 19.6. The van der Waals surface area contributed by atoms with Crippen LogP contribution in [0.5, 0.6) is 5.88 Å². The number of hydrogen-bond acceptors (Lipinski definition) is 7. The van der Waals surface area contributed by atoms with E-state index in [1.807, 2.05) is 24.3 Å². The maximum absolute atomic E-state index is 14.7. The molecule has 0 amide bonds. The van der Waals surface area contributed by atoms with Gasteiger partial charge in [-0.25, -0.2) is 19.3 Å². The van der Waals surface area contributed by atoms with E-state index >= 15 is 0 Å². The minimum Gasteiger partial charge on any atom is -0.476 e. The van der Waals surface area contributed by atoms with Gasteiger partial charge in [0.1, 0.15) is 12.4 Å². The maximum atomic E-state index is 14.7. The second kappa shape index (κ2) is 9.93. The van der Waals surface area contributed by atoms with Crippen molar-refractivity contribution in [1.82, 2.24) is 24.8 Å². The highest BCUT2D eigenvalue weighted by molar-refractivity contribution is 6.05. The molecule has 1 saturated heterocycles. The lowest BCUT2D eigenvalue weighted by molar-refractivity contribution is 0.0321. The molecule has 180 valence electrons. The molecule has 1 aliphatic rings. The van der Waals surface area contributed by atoms with Gasteiger partial charge in [0, 0.05) is 60.9 Å². The van der Waals surface area contributed by atoms with E-state index in [9.17, 15) is 4.39 Å². The molecule has 1 aliphatic heterocycles. The number of ether oxygens (including phenoxy) is 2. The predicted molar refractivity (Wildman–Crippen MR) is 136 cm³/mol. The summed E-state index contributed by atoms with van der Waals surface area (Å²) >= 11 is 0. The average molecular weight is 482 g/mol. The predicted octanol–water partition coefficient (Wildman–Crippen LogP) is 4.76. The summed E-state index contributed by atoms with van der Waals surface area (Å²) < 4.78 is 26.2. The lowest BCUT2D eigenvalue weighted by Gasteiger charge is -2.26. The van der Waals surface area contributed by atoms with Crippen LogP contribution in [0.4, 0.5) is 4.39 Å². The first-order valence-corrected chi connectivity index (χ1v) is 11.9. The summed E-state index contributed by atoms with van der Waals surface area (Å²) in [7, 11) is 0. The van der Waals surface area contributed by atoms with Gasteiger partial charge in [-0.3, -0.25) is 9.88 Å². The minimum absolute atomic E-state index is 0.331. The molecule has 4 aromatic heterocycles. The lowest BCUT2D eigenvalue weighted by Crippen LogP contribution is -2.38. The van der Waals surface area contributed by atoms with E-state index in [0.29, 0.717) is 29.4 Å². The van der Waals surface area contributed by atoms with Crippen LogP contribution in [-0.2, 0) is 4.74 Å². The quantitative estimate of drug-likeness (QED) is 0.346. The standard InChI is InChI=1S/C28H24FN5O2/c29-25-6-2-1-4-21(25)26-16-22(20-5-3-8-31-27(20)33-26)23-18-32-28(24-17-30-9-7-19(23)24)36-15-12-34-10-13-35-14-11-34/h1-9,16-18H,10-15H2. The van der Waals surface area contributed by atoms with Gasteiger partial charge in [-0.05, 0) is 47.3 Å². The van der Waals surface area contributed by atoms with E-state index in [0.717, 1.165) is 60.1 Å². The van der Waals surface area contributed by atoms with Crippen molar-refractivity contribution in [2.45, 2.75) is 0 Å². The molecular weight excluding hydrogens is 457 g/mol. The van der Waals surface area contributed by atoms with Crippen molar-refractivity contribution in [3.05, 3.63) is 79.1 Å². The molecule has 0 spiro atoms. The van der Waals surface area contributed by atoms with E-state index in [1.165, 1.54) is 6.07 Å². The first kappa shape index (κ1) is 22.5. The molecule has 8 heteroatoms. The fourth-order valence-corrected chi connectivity index (χ4v) is 4.57. The summed E-state index contributed by atoms with van der Waals surface area (Å²) in [4.78, 5) is 20.4. The van der Waals surface area contributed by atoms with Crippen molar-refractivity contribution in [2.24, 2.45) is 0 Å². The third kappa shape index (κ3) is 4.36. The second-order valence-electron chi connectivity index (χ2n) is 8.61. The van der Waals surface area contributed by atoms with Crippen molar-refractivity contribution in [3.63, 3.8) is 0 Å². The molecule has 0 unspecified atom stereocenters. The van der Waals surface area contributed by atoms with E-state index in [1.54, 1.807) is 43.0 Å². The summed E-state index contributed by atoms with van der Waals surface area (Å²) in [5.74, 6) is 0.211. The van der Waals surface area contributed by atoms with Crippen molar-refractivity contribution in [1.29, 1.82) is 0 Å². The maximum Gasteiger partial charge on any atom is 0.222 e. The number of benzene rings is 1. The first-order valence-electron chi connectivity index (χ1n) is 11.9. The molecule has 1 aromatic carbocycles. The van der Waals surface area contributed by atoms with Gasteiger partial charge in [0.2, 0.25) is 5.88 Å². The Morgan fingerprint density at radius 1 is 0.861 bits per heavy atom. The Kier molecular flexibility index (Phi) is 6.19. The van der Waals surface area contributed by atoms with Crippen molar-refractivity contribution in [2.75, 3.05) is 39.5 Å². The van der Waals surface area contributed by atoms with Crippen molar-refractivity contribution < 1.29 is 13.9 Å². The molecule has 0 atom stereocenters. The highest BCUT2D eigenvalue weighted by atomic mass is 19.1. The third-order valence-electron chi connectivity index (χ3n) is 6.43. The average Bonchev–Trinajstić information content (AvgIpc) is 2.93. The lowest BCUT2D eigenvalue weighted by atomic mass is 9.97. The van der Waals surface area contributed by atoms with Crippen LogP contribution >= 0.6 is 0 Å². The van der Waals surface area contributed by atoms with E-state index in [2.05, 4.69) is 24.8 Å². The fourth-order valence-electron chi connectivity index (χ4n) is 4.57. The summed E-state index contributed by atoms with van der Waals surface area (Å²) in [5.41, 5.74) is 3.23. The number of morpholine rings is 1. The highest BCUT2D eigenvalue weighted by Crippen LogP contribution is 2.37. The summed E-state index contributed by atoms with van der Waals surface area (Å²) in [6.45, 7) is 4.65. The smallest absolute Gasteiger partial charge is 0.222 e. The molecule has 36 heavy (non-hydrogen) atoms. The summed E-state index contributed by atoms with van der Waals surface area (Å²) in [6.07, 6.45) is 7.02. The number of fused-ring (bicyclic) bond motifs is 2. The van der Waals surface area contributed by atoms with Gasteiger partial charge in [0.05, 0.1) is 24.3 Å². The van der Waals surface area contributed by atoms with Gasteiger partial charge in [0.15, 0.2) is 5.65 Å². The van der Waals surface area contributed by atoms with Crippen LogP contribution in [0.1, 0.15) is 0 Å². The van der Waals surface area contributed by atoms with Crippen LogP contribution in [0.15, 0.2) is 73.3 Å². The Morgan fingerprint density at radius 3 is 2.64 bits per heavy atom. The van der Waals surface area contributed by atoms with Crippen LogP contribution in [-0.4, -0.2) is 64.3 Å². The highest BCUT2D eigenvalue weighted by Gasteiger charge is 2.17. The first-order chi connectivity index (χ1) is 17.8. The van der Waals surface area contributed by atoms with Crippen molar-refractivity contribution in [3.8, 4) is 28.3 Å². The van der Waals surface area contributed by atoms with Crippen molar-refractivity contribution >= 4 is 21.8 Å². The minimum atomic E-state index is -0.331. The zero-order valence-corrected chi connectivity index (χ0v) is 19.6. The Labute approximate surface area is 207 Å². The molecule has 0 bridgehead atoms. The van der Waals surface area contributed by atoms with Gasteiger partial charge in [0.25, 0.3) is 0 Å². The molecule has 6 rings (SSSR count). The Bertz CT molecular complexity index is 1540. The van der Waals surface area contributed by atoms with E-state index in [-0.39, 0.29) is 5.82 Å². The SMILES string of the molecule is Fc1ccccc1-c1cc(-c2cnc(OCCN3CCOCC3)c3cnccc23)c2cccnc2n1. The summed E-state index contributed by atoms with van der Waals surface area (Å²) in [5, 5.41) is 2.62. The van der Waals surface area contributed by atoms with Gasteiger partial charge in [-0.1, -0.05) is 12.1 Å². The van der Waals surface area contributed by atoms with Crippen LogP contribution in [0.3, 0.4) is 0 Å². The molecule has 0 saturated carbocycles. The number of hydrogen-bond donors (Lipinski definition) is 0. The van der Waals surface area contributed by atoms with Crippen LogP contribution in [0, 0.1) is 5.82 Å². The fraction of sp³-hybridized carbons (Fsp3) is 0.214. The second-order valence-corrected chi connectivity index (χ2v) is 8.61. The number of rotatable bonds is 6. The number of aromatic nitrogens is 4. The van der Waals surface area contributed by atoms with E-state index in [4.69, 9.17) is 9.47 Å². The Morgan fingerprint density at radius 2 is 1.75 bits per heavy atom. The van der Waals surface area contributed by atoms with Gasteiger partial charge in [-0.2, -0.15) is 0 Å². The summed E-state index contributed by atoms with van der Waals surface area (Å²) in [6, 6.07) is 14.3. The molecule has 0 radical (unpaired) electrons. The van der Waals surface area contributed by atoms with Crippen LogP contribution in [0.2, 0.25) is 0 Å². The third-order valence-corrected chi connectivity index (χ3v) is 6.43. The normalized spacial score (nSPS) is 14.4. The monoisotopic (exact) mass is 481 g/mol. The molecule has 7 nitrogen and oxygen atoms in total. The van der Waals surface area contributed by atoms with Crippen LogP contribution in [0.25, 0.3) is 44.2 Å². The van der Waals surface area contributed by atoms with Crippen LogP contribution < -0.4 is 4.74 Å².